The van der Waals surface area contributed by atoms with Crippen LogP contribution in [0.4, 0.5) is 11.6 Å². The van der Waals surface area contributed by atoms with Crippen LogP contribution in [-0.4, -0.2) is 47.7 Å². The molecule has 2 atom stereocenters. The van der Waals surface area contributed by atoms with Crippen molar-refractivity contribution in [2.45, 2.75) is 45.1 Å². The summed E-state index contributed by atoms with van der Waals surface area (Å²) >= 11 is 6.44. The second-order valence-electron chi connectivity index (χ2n) is 9.34. The Morgan fingerprint density at radius 3 is 2.97 bits per heavy atom. The smallest absolute Gasteiger partial charge is 0.229 e. The van der Waals surface area contributed by atoms with Gasteiger partial charge in [0.1, 0.15) is 11.6 Å². The number of hydrogen-bond donors (Lipinski definition) is 3. The number of rotatable bonds is 6. The van der Waals surface area contributed by atoms with E-state index in [1.165, 1.54) is 0 Å². The monoisotopic (exact) mass is 457 g/mol. The number of hydrogen-bond acceptors (Lipinski definition) is 6. The number of amides is 1. The molecule has 8 heteroatoms. The third-order valence-electron chi connectivity index (χ3n) is 6.17. The van der Waals surface area contributed by atoms with Gasteiger partial charge in [0.25, 0.3) is 0 Å². The molecule has 2 aromatic rings. The van der Waals surface area contributed by atoms with Gasteiger partial charge in [0.2, 0.25) is 5.91 Å². The molecule has 3 N–H and O–H groups in total. The predicted molar refractivity (Wildman–Crippen MR) is 128 cm³/mol. The molecule has 172 valence electrons. The minimum atomic E-state index is -0.0705. The highest BCUT2D eigenvalue weighted by atomic mass is 35.5. The average molecular weight is 458 g/mol. The Morgan fingerprint density at radius 1 is 1.31 bits per heavy atom. The Morgan fingerprint density at radius 2 is 2.19 bits per heavy atom. The zero-order valence-corrected chi connectivity index (χ0v) is 19.5. The van der Waals surface area contributed by atoms with E-state index in [0.29, 0.717) is 23.3 Å². The number of ether oxygens (including phenoxy) is 1. The number of carbonyl (C=O) groups is 1. The van der Waals surface area contributed by atoms with Crippen molar-refractivity contribution in [3.8, 4) is 11.3 Å². The van der Waals surface area contributed by atoms with Crippen molar-refractivity contribution in [1.82, 2.24) is 15.3 Å². The SMILES string of the molecule is CC1(C)C[C@H](CNc2cccc(-c3cc(NC(=O)[C@@H]4CCCNC4)ncc3Cl)n2)CCO1. The maximum atomic E-state index is 12.6. The number of piperidine rings is 1. The maximum Gasteiger partial charge on any atom is 0.229 e. The van der Waals surface area contributed by atoms with Crippen molar-refractivity contribution >= 4 is 29.1 Å². The fourth-order valence-electron chi connectivity index (χ4n) is 4.47. The van der Waals surface area contributed by atoms with Crippen LogP contribution in [0.5, 0.6) is 0 Å². The van der Waals surface area contributed by atoms with Gasteiger partial charge in [0.15, 0.2) is 0 Å². The fraction of sp³-hybridized carbons (Fsp3) is 0.542. The zero-order valence-electron chi connectivity index (χ0n) is 18.8. The van der Waals surface area contributed by atoms with Gasteiger partial charge >= 0.3 is 0 Å². The molecule has 2 aromatic heterocycles. The summed E-state index contributed by atoms with van der Waals surface area (Å²) in [5, 5.41) is 10.2. The molecule has 0 saturated carbocycles. The molecular weight excluding hydrogens is 426 g/mol. The number of nitrogens with one attached hydrogen (secondary N) is 3. The van der Waals surface area contributed by atoms with E-state index < -0.39 is 0 Å². The minimum absolute atomic E-state index is 0.0132. The molecule has 0 bridgehead atoms. The van der Waals surface area contributed by atoms with Gasteiger partial charge in [-0.15, -0.1) is 0 Å². The molecular formula is C24H32ClN5O2. The summed E-state index contributed by atoms with van der Waals surface area (Å²) < 4.78 is 5.82. The standard InChI is InChI=1S/C24H32ClN5O2/c1-24(2)12-16(8-10-32-24)13-27-21-7-3-6-20(29-21)18-11-22(28-15-19(18)25)30-23(31)17-5-4-9-26-14-17/h3,6-7,11,15-17,26H,4-5,8-10,12-14H2,1-2H3,(H,27,29)(H,28,30,31)/t16-,17-/m1/s1. The number of halogens is 1. The third kappa shape index (κ3) is 5.97. The fourth-order valence-corrected chi connectivity index (χ4v) is 4.67. The van der Waals surface area contributed by atoms with Gasteiger partial charge in [-0.05, 0) is 70.2 Å². The molecule has 4 heterocycles. The van der Waals surface area contributed by atoms with Gasteiger partial charge < -0.3 is 20.7 Å². The number of pyridine rings is 2. The van der Waals surface area contributed by atoms with E-state index in [0.717, 1.165) is 62.5 Å². The lowest BCUT2D eigenvalue weighted by Gasteiger charge is -2.35. The van der Waals surface area contributed by atoms with Crippen LogP contribution < -0.4 is 16.0 Å². The van der Waals surface area contributed by atoms with E-state index >= 15 is 0 Å². The van der Waals surface area contributed by atoms with Crippen molar-refractivity contribution in [2.24, 2.45) is 11.8 Å². The van der Waals surface area contributed by atoms with Crippen molar-refractivity contribution in [3.05, 3.63) is 35.5 Å². The first-order valence-electron chi connectivity index (χ1n) is 11.4. The van der Waals surface area contributed by atoms with E-state index in [2.05, 4.69) is 34.8 Å². The summed E-state index contributed by atoms with van der Waals surface area (Å²) in [6.45, 7) is 7.60. The molecule has 1 amide bonds. The molecule has 2 saturated heterocycles. The summed E-state index contributed by atoms with van der Waals surface area (Å²) in [4.78, 5) is 21.6. The van der Waals surface area contributed by atoms with E-state index in [-0.39, 0.29) is 17.4 Å². The zero-order chi connectivity index (χ0) is 22.6. The summed E-state index contributed by atoms with van der Waals surface area (Å²) in [5.74, 6) is 1.79. The summed E-state index contributed by atoms with van der Waals surface area (Å²) in [5.41, 5.74) is 1.41. The van der Waals surface area contributed by atoms with Gasteiger partial charge in [0.05, 0.1) is 22.2 Å². The van der Waals surface area contributed by atoms with Crippen LogP contribution in [0.25, 0.3) is 11.3 Å². The summed E-state index contributed by atoms with van der Waals surface area (Å²) in [7, 11) is 0. The Balaban J connectivity index is 1.43. The molecule has 0 aromatic carbocycles. The first-order valence-corrected chi connectivity index (χ1v) is 11.8. The van der Waals surface area contributed by atoms with Crippen LogP contribution in [0.1, 0.15) is 39.5 Å². The molecule has 0 unspecified atom stereocenters. The van der Waals surface area contributed by atoms with E-state index in [1.807, 2.05) is 18.2 Å². The second kappa shape index (κ2) is 10.1. The lowest BCUT2D eigenvalue weighted by molar-refractivity contribution is -0.120. The molecule has 2 aliphatic heterocycles. The Hall–Kier alpha value is -2.22. The van der Waals surface area contributed by atoms with Gasteiger partial charge in [0, 0.05) is 31.5 Å². The van der Waals surface area contributed by atoms with Crippen LogP contribution in [0.15, 0.2) is 30.5 Å². The Kier molecular flexibility index (Phi) is 7.28. The lowest BCUT2D eigenvalue weighted by Crippen LogP contribution is -2.37. The first-order chi connectivity index (χ1) is 15.4. The highest BCUT2D eigenvalue weighted by Crippen LogP contribution is 2.30. The highest BCUT2D eigenvalue weighted by Gasteiger charge is 2.28. The number of anilines is 2. The normalized spacial score (nSPS) is 22.8. The average Bonchev–Trinajstić information content (AvgIpc) is 2.79. The van der Waals surface area contributed by atoms with E-state index in [4.69, 9.17) is 21.3 Å². The summed E-state index contributed by atoms with van der Waals surface area (Å²) in [6.07, 6.45) is 5.53. The number of aromatic nitrogens is 2. The molecule has 32 heavy (non-hydrogen) atoms. The molecule has 0 spiro atoms. The van der Waals surface area contributed by atoms with Gasteiger partial charge in [-0.25, -0.2) is 9.97 Å². The van der Waals surface area contributed by atoms with E-state index in [9.17, 15) is 4.79 Å². The van der Waals surface area contributed by atoms with E-state index in [1.54, 1.807) is 12.3 Å². The number of carbonyl (C=O) groups excluding carboxylic acids is 1. The topological polar surface area (TPSA) is 88.2 Å². The van der Waals surface area contributed by atoms with Gasteiger partial charge in [-0.1, -0.05) is 17.7 Å². The molecule has 2 aliphatic rings. The van der Waals surface area contributed by atoms with Crippen LogP contribution in [0.2, 0.25) is 5.02 Å². The van der Waals surface area contributed by atoms with Gasteiger partial charge in [-0.3, -0.25) is 4.79 Å². The molecule has 4 rings (SSSR count). The Labute approximate surface area is 194 Å². The molecule has 2 fully saturated rings. The first kappa shape index (κ1) is 23.0. The van der Waals surface area contributed by atoms with Crippen molar-refractivity contribution in [3.63, 3.8) is 0 Å². The van der Waals surface area contributed by atoms with Crippen LogP contribution in [0.3, 0.4) is 0 Å². The third-order valence-corrected chi connectivity index (χ3v) is 6.47. The largest absolute Gasteiger partial charge is 0.376 e. The summed E-state index contributed by atoms with van der Waals surface area (Å²) in [6, 6.07) is 7.63. The van der Waals surface area contributed by atoms with Crippen LogP contribution >= 0.6 is 11.6 Å². The molecule has 0 radical (unpaired) electrons. The van der Waals surface area contributed by atoms with Crippen molar-refractivity contribution in [2.75, 3.05) is 36.9 Å². The molecule has 7 nitrogen and oxygen atoms in total. The van der Waals surface area contributed by atoms with Crippen LogP contribution in [-0.2, 0) is 9.53 Å². The van der Waals surface area contributed by atoms with Crippen LogP contribution in [0, 0.1) is 11.8 Å². The Bertz CT molecular complexity index is 946. The maximum absolute atomic E-state index is 12.6. The predicted octanol–water partition coefficient (Wildman–Crippen LogP) is 4.35. The molecule has 0 aliphatic carbocycles. The second-order valence-corrected chi connectivity index (χ2v) is 9.75. The van der Waals surface area contributed by atoms with Crippen molar-refractivity contribution in [1.29, 1.82) is 0 Å². The highest BCUT2D eigenvalue weighted by molar-refractivity contribution is 6.33. The quantitative estimate of drug-likeness (QED) is 0.597. The van der Waals surface area contributed by atoms with Crippen molar-refractivity contribution < 1.29 is 9.53 Å². The van der Waals surface area contributed by atoms with Gasteiger partial charge in [-0.2, -0.15) is 0 Å². The lowest BCUT2D eigenvalue weighted by atomic mass is 9.88. The minimum Gasteiger partial charge on any atom is -0.376 e. The number of nitrogens with zero attached hydrogens (tertiary/aromatic N) is 2.